The summed E-state index contributed by atoms with van der Waals surface area (Å²) in [5.41, 5.74) is 10.5. The molecule has 1 amide bonds. The molecule has 196 valence electrons. The second kappa shape index (κ2) is 12.1. The highest BCUT2D eigenvalue weighted by Gasteiger charge is 2.38. The number of alkyl halides is 3. The maximum atomic E-state index is 11.7. The van der Waals surface area contributed by atoms with E-state index >= 15 is 0 Å². The monoisotopic (exact) mass is 517 g/mol. The highest BCUT2D eigenvalue weighted by Crippen LogP contribution is 2.27. The van der Waals surface area contributed by atoms with Crippen LogP contribution in [0, 0.1) is 6.92 Å². The van der Waals surface area contributed by atoms with Crippen molar-refractivity contribution in [3.63, 3.8) is 0 Å². The van der Waals surface area contributed by atoms with E-state index < -0.39 is 18.1 Å². The molecule has 1 aliphatic heterocycles. The molecule has 1 fully saturated rings. The van der Waals surface area contributed by atoms with Crippen LogP contribution in [0.25, 0.3) is 0 Å². The average molecular weight is 518 g/mol. The normalized spacial score (nSPS) is 13.2. The Bertz CT molecular complexity index is 1250. The first kappa shape index (κ1) is 27.3. The molecule has 3 aromatic rings. The van der Waals surface area contributed by atoms with Crippen LogP contribution < -0.4 is 21.3 Å². The first-order chi connectivity index (χ1) is 17.5. The van der Waals surface area contributed by atoms with Crippen molar-refractivity contribution in [1.29, 1.82) is 0 Å². The van der Waals surface area contributed by atoms with E-state index in [1.54, 1.807) is 18.3 Å². The van der Waals surface area contributed by atoms with Gasteiger partial charge < -0.3 is 31.1 Å². The van der Waals surface area contributed by atoms with E-state index in [2.05, 4.69) is 32.7 Å². The summed E-state index contributed by atoms with van der Waals surface area (Å²) in [6.45, 7) is 5.24. The molecule has 0 radical (unpaired) electrons. The molecular weight excluding hydrogens is 491 g/mol. The Kier molecular flexibility index (Phi) is 8.90. The van der Waals surface area contributed by atoms with Crippen LogP contribution >= 0.6 is 0 Å². The average Bonchev–Trinajstić information content (AvgIpc) is 2.87. The number of carboxylic acids is 1. The number of aliphatic carboxylic acids is 1. The quantitative estimate of drug-likeness (QED) is 0.378. The SMILES string of the molecule is Cc1cnc(Nc2cccc(N3CCOCC3)c2)cc1Nc1ccccc1C(N)=O.O=C(O)C(F)(F)F. The smallest absolute Gasteiger partial charge is 0.475 e. The summed E-state index contributed by atoms with van der Waals surface area (Å²) in [4.78, 5) is 27.4. The van der Waals surface area contributed by atoms with Crippen molar-refractivity contribution in [3.8, 4) is 0 Å². The van der Waals surface area contributed by atoms with Crippen molar-refractivity contribution in [3.05, 3.63) is 71.9 Å². The highest BCUT2D eigenvalue weighted by atomic mass is 19.4. The number of primary amides is 1. The third-order valence-electron chi connectivity index (χ3n) is 5.30. The Labute approximate surface area is 211 Å². The standard InChI is InChI=1S/C23H25N5O2.C2HF3O2/c1-16-15-25-22(14-21(16)27-20-8-3-2-7-19(20)23(24)29)26-17-5-4-6-18(13-17)28-9-11-30-12-10-28;3-2(4,5)1(6)7/h2-8,13-15H,9-12H2,1H3,(H2,24,29)(H2,25,26,27);(H,6,7). The fourth-order valence-electron chi connectivity index (χ4n) is 3.43. The van der Waals surface area contributed by atoms with Gasteiger partial charge >= 0.3 is 12.1 Å². The molecule has 9 nitrogen and oxygen atoms in total. The number of ether oxygens (including phenoxy) is 1. The maximum absolute atomic E-state index is 11.7. The lowest BCUT2D eigenvalue weighted by Crippen LogP contribution is -2.36. The van der Waals surface area contributed by atoms with Crippen LogP contribution in [0.2, 0.25) is 0 Å². The third-order valence-corrected chi connectivity index (χ3v) is 5.30. The van der Waals surface area contributed by atoms with Gasteiger partial charge in [0, 0.05) is 42.4 Å². The lowest BCUT2D eigenvalue weighted by molar-refractivity contribution is -0.192. The largest absolute Gasteiger partial charge is 0.490 e. The molecule has 0 aliphatic carbocycles. The zero-order chi connectivity index (χ0) is 27.0. The minimum absolute atomic E-state index is 0.446. The zero-order valence-corrected chi connectivity index (χ0v) is 19.9. The fourth-order valence-corrected chi connectivity index (χ4v) is 3.43. The van der Waals surface area contributed by atoms with Gasteiger partial charge in [0.25, 0.3) is 5.91 Å². The van der Waals surface area contributed by atoms with Crippen LogP contribution in [-0.2, 0) is 9.53 Å². The van der Waals surface area contributed by atoms with Gasteiger partial charge in [0.15, 0.2) is 0 Å². The first-order valence-corrected chi connectivity index (χ1v) is 11.2. The number of halogens is 3. The van der Waals surface area contributed by atoms with Crippen LogP contribution in [0.5, 0.6) is 0 Å². The van der Waals surface area contributed by atoms with Crippen molar-refractivity contribution in [2.75, 3.05) is 41.8 Å². The summed E-state index contributed by atoms with van der Waals surface area (Å²) in [7, 11) is 0. The number of amides is 1. The number of aryl methyl sites for hydroxylation is 1. The second-order valence-electron chi connectivity index (χ2n) is 8.00. The van der Waals surface area contributed by atoms with Crippen LogP contribution in [0.1, 0.15) is 15.9 Å². The molecular formula is C25H26F3N5O4. The van der Waals surface area contributed by atoms with Gasteiger partial charge in [-0.1, -0.05) is 18.2 Å². The fraction of sp³-hybridized carbons (Fsp3) is 0.240. The minimum Gasteiger partial charge on any atom is -0.475 e. The summed E-state index contributed by atoms with van der Waals surface area (Å²) in [6.07, 6.45) is -3.29. The van der Waals surface area contributed by atoms with Crippen molar-refractivity contribution >= 4 is 40.4 Å². The van der Waals surface area contributed by atoms with Crippen molar-refractivity contribution in [2.45, 2.75) is 13.1 Å². The summed E-state index contributed by atoms with van der Waals surface area (Å²) >= 11 is 0. The number of hydrogen-bond donors (Lipinski definition) is 4. The topological polar surface area (TPSA) is 130 Å². The van der Waals surface area contributed by atoms with Gasteiger partial charge in [-0.25, -0.2) is 9.78 Å². The minimum atomic E-state index is -5.08. The summed E-state index contributed by atoms with van der Waals surface area (Å²) in [6, 6.07) is 17.4. The molecule has 12 heteroatoms. The number of aromatic nitrogens is 1. The number of carbonyl (C=O) groups is 2. The number of hydrogen-bond acceptors (Lipinski definition) is 7. The number of carboxylic acid groups (broad SMARTS) is 1. The van der Waals surface area contributed by atoms with Gasteiger partial charge in [0.05, 0.1) is 24.5 Å². The molecule has 0 spiro atoms. The lowest BCUT2D eigenvalue weighted by Gasteiger charge is -2.29. The number of pyridine rings is 1. The molecule has 2 heterocycles. The van der Waals surface area contributed by atoms with Crippen LogP contribution in [-0.4, -0.2) is 54.4 Å². The number of rotatable bonds is 6. The van der Waals surface area contributed by atoms with Crippen LogP contribution in [0.4, 0.5) is 41.7 Å². The molecule has 4 rings (SSSR count). The van der Waals surface area contributed by atoms with E-state index in [4.69, 9.17) is 20.4 Å². The predicted molar refractivity (Wildman–Crippen MR) is 134 cm³/mol. The van der Waals surface area contributed by atoms with E-state index in [0.717, 1.165) is 48.9 Å². The lowest BCUT2D eigenvalue weighted by atomic mass is 10.1. The Hall–Kier alpha value is -4.32. The number of nitrogens with one attached hydrogen (secondary N) is 2. The van der Waals surface area contributed by atoms with Crippen molar-refractivity contribution in [2.24, 2.45) is 5.73 Å². The summed E-state index contributed by atoms with van der Waals surface area (Å²) in [5.74, 6) is -2.52. The van der Waals surface area contributed by atoms with E-state index in [-0.39, 0.29) is 0 Å². The Morgan fingerprint density at radius 2 is 1.70 bits per heavy atom. The van der Waals surface area contributed by atoms with Gasteiger partial charge in [-0.3, -0.25) is 4.79 Å². The maximum Gasteiger partial charge on any atom is 0.490 e. The molecule has 1 aromatic heterocycles. The highest BCUT2D eigenvalue weighted by molar-refractivity contribution is 5.99. The molecule has 0 saturated carbocycles. The molecule has 0 atom stereocenters. The number of nitrogens with zero attached hydrogens (tertiary/aromatic N) is 2. The Morgan fingerprint density at radius 3 is 2.35 bits per heavy atom. The number of benzene rings is 2. The zero-order valence-electron chi connectivity index (χ0n) is 19.9. The molecule has 5 N–H and O–H groups in total. The molecule has 1 aliphatic rings. The molecule has 0 unspecified atom stereocenters. The number of anilines is 5. The summed E-state index contributed by atoms with van der Waals surface area (Å²) in [5, 5.41) is 13.8. The molecule has 2 aromatic carbocycles. The third kappa shape index (κ3) is 7.84. The van der Waals surface area contributed by atoms with E-state index in [0.29, 0.717) is 17.1 Å². The van der Waals surface area contributed by atoms with E-state index in [1.165, 1.54) is 0 Å². The van der Waals surface area contributed by atoms with E-state index in [1.807, 2.05) is 37.3 Å². The van der Waals surface area contributed by atoms with Crippen molar-refractivity contribution < 1.29 is 32.6 Å². The van der Waals surface area contributed by atoms with Crippen LogP contribution in [0.3, 0.4) is 0 Å². The van der Waals surface area contributed by atoms with Gasteiger partial charge in [0.1, 0.15) is 5.82 Å². The first-order valence-electron chi connectivity index (χ1n) is 11.2. The summed E-state index contributed by atoms with van der Waals surface area (Å²) < 4.78 is 37.2. The Morgan fingerprint density at radius 1 is 1.03 bits per heavy atom. The van der Waals surface area contributed by atoms with Gasteiger partial charge in [-0.05, 0) is 42.8 Å². The predicted octanol–water partition coefficient (Wildman–Crippen LogP) is 4.45. The van der Waals surface area contributed by atoms with Crippen LogP contribution in [0.15, 0.2) is 60.8 Å². The van der Waals surface area contributed by atoms with E-state index in [9.17, 15) is 18.0 Å². The number of nitrogens with two attached hydrogens (primary N) is 1. The van der Waals surface area contributed by atoms with Crippen molar-refractivity contribution in [1.82, 2.24) is 4.98 Å². The molecule has 37 heavy (non-hydrogen) atoms. The van der Waals surface area contributed by atoms with Gasteiger partial charge in [-0.2, -0.15) is 13.2 Å². The molecule has 1 saturated heterocycles. The molecule has 0 bridgehead atoms. The number of morpholine rings is 1. The van der Waals surface area contributed by atoms with Gasteiger partial charge in [0.2, 0.25) is 0 Å². The number of carbonyl (C=O) groups excluding carboxylic acids is 1. The second-order valence-corrected chi connectivity index (χ2v) is 8.00. The Balaban J connectivity index is 0.000000479. The number of para-hydroxylation sites is 1. The van der Waals surface area contributed by atoms with Gasteiger partial charge in [-0.15, -0.1) is 0 Å².